The standard InChI is InChI=1S/C51H55NO17/c1-27-33(66-47(62)41(67-37(58)23-22-36(56)57)39(30-16-10-7-11-17-30)52-45(60)31-18-12-8-13-19-31)25-51(63)44(68-46(61)32-20-14-9-15-21-32)42-49(6,34(55)24-35-50(42,26-64-35)69-29(3)54)43(59)40(65-28(2)53)38(27)48(51,4)5/h7-21,33-35,39-42,44,55,63H,22-26H2,1-6H3,(H,52,60)(H,56,57)/p-1/t33-,34-,35+,39?,40+,41?,42?,44-,49+,50-,51+/m0/s1. The zero-order valence-corrected chi connectivity index (χ0v) is 38.8. The lowest BCUT2D eigenvalue weighted by Gasteiger charge is -2.67. The number of amides is 1. The number of benzene rings is 3. The number of carbonyl (C=O) groups excluding carboxylic acids is 8. The summed E-state index contributed by atoms with van der Waals surface area (Å²) >= 11 is 0. The zero-order valence-electron chi connectivity index (χ0n) is 38.8. The summed E-state index contributed by atoms with van der Waals surface area (Å²) in [7, 11) is 0. The Morgan fingerprint density at radius 3 is 1.97 bits per heavy atom. The molecule has 4 aliphatic rings. The average molecular weight is 953 g/mol. The van der Waals surface area contributed by atoms with Crippen molar-refractivity contribution in [3.05, 3.63) is 119 Å². The third kappa shape index (κ3) is 9.15. The van der Waals surface area contributed by atoms with Gasteiger partial charge in [0, 0.05) is 43.6 Å². The molecule has 1 heterocycles. The average Bonchev–Trinajstić information content (AvgIpc) is 3.30. The molecule has 3 aromatic rings. The molecular formula is C51H54NO17-. The van der Waals surface area contributed by atoms with Gasteiger partial charge in [0.25, 0.3) is 5.91 Å². The maximum atomic E-state index is 15.7. The van der Waals surface area contributed by atoms with Crippen molar-refractivity contribution >= 4 is 47.5 Å². The number of aliphatic hydroxyl groups excluding tert-OH is 1. The SMILES string of the molecule is CC(=O)O[C@H]1C(=O)[C@@]2(C)C([C@H](OC(=O)c3ccccc3)[C@]3(O)C[C@H](OC(=O)C(OC(=O)CCC(=O)[O-])C(NC(=O)c4ccccc4)c4ccccc4)C(C)=C1C3(C)C)[C@]1(OC(C)=O)CO[C@@H]1C[C@@H]2O. The van der Waals surface area contributed by atoms with Crippen LogP contribution in [0.2, 0.25) is 0 Å². The summed E-state index contributed by atoms with van der Waals surface area (Å²) in [4.78, 5) is 110. The molecule has 366 valence electrons. The molecule has 11 atom stereocenters. The fourth-order valence-corrected chi connectivity index (χ4v) is 10.7. The van der Waals surface area contributed by atoms with Gasteiger partial charge in [-0.25, -0.2) is 9.59 Å². The van der Waals surface area contributed by atoms with Gasteiger partial charge in [-0.1, -0.05) is 80.6 Å². The van der Waals surface area contributed by atoms with Crippen LogP contribution in [0.5, 0.6) is 0 Å². The van der Waals surface area contributed by atoms with Gasteiger partial charge in [-0.2, -0.15) is 0 Å². The van der Waals surface area contributed by atoms with Crippen molar-refractivity contribution in [1.82, 2.24) is 5.32 Å². The van der Waals surface area contributed by atoms with Crippen LogP contribution < -0.4 is 10.4 Å². The first-order chi connectivity index (χ1) is 32.6. The Labute approximate surface area is 397 Å². The maximum absolute atomic E-state index is 15.7. The Morgan fingerprint density at radius 2 is 1.42 bits per heavy atom. The van der Waals surface area contributed by atoms with Gasteiger partial charge in [0.2, 0.25) is 6.10 Å². The quantitative estimate of drug-likeness (QED) is 0.119. The number of hydrogen-bond acceptors (Lipinski definition) is 17. The number of carboxylic acids is 1. The van der Waals surface area contributed by atoms with E-state index in [1.807, 2.05) is 0 Å². The van der Waals surface area contributed by atoms with Crippen LogP contribution in [0.3, 0.4) is 0 Å². The molecule has 7 rings (SSSR count). The van der Waals surface area contributed by atoms with E-state index in [4.69, 9.17) is 28.4 Å². The number of esters is 5. The summed E-state index contributed by atoms with van der Waals surface area (Å²) in [5.41, 5.74) is -7.83. The van der Waals surface area contributed by atoms with Gasteiger partial charge in [0.05, 0.1) is 36.0 Å². The van der Waals surface area contributed by atoms with Crippen LogP contribution in [0.15, 0.2) is 102 Å². The molecule has 69 heavy (non-hydrogen) atoms. The normalized spacial score (nSPS) is 29.7. The minimum atomic E-state index is -2.51. The monoisotopic (exact) mass is 952 g/mol. The number of carbonyl (C=O) groups is 8. The molecule has 0 radical (unpaired) electrons. The highest BCUT2D eigenvalue weighted by Crippen LogP contribution is 2.64. The zero-order chi connectivity index (χ0) is 50.2. The maximum Gasteiger partial charge on any atom is 0.350 e. The van der Waals surface area contributed by atoms with E-state index in [1.54, 1.807) is 54.6 Å². The number of hydrogen-bond donors (Lipinski definition) is 3. The summed E-state index contributed by atoms with van der Waals surface area (Å²) in [6.45, 7) is 7.65. The molecule has 18 nitrogen and oxygen atoms in total. The number of nitrogens with one attached hydrogen (secondary N) is 1. The van der Waals surface area contributed by atoms with E-state index in [-0.39, 0.29) is 40.9 Å². The lowest BCUT2D eigenvalue weighted by molar-refractivity contribution is -0.346. The molecule has 2 saturated carbocycles. The fraction of sp³-hybridized carbons (Fsp3) is 0.451. The van der Waals surface area contributed by atoms with E-state index in [1.165, 1.54) is 64.1 Å². The molecule has 3 aromatic carbocycles. The highest BCUT2D eigenvalue weighted by Gasteiger charge is 2.78. The summed E-state index contributed by atoms with van der Waals surface area (Å²) in [6.07, 6.45) is -12.7. The molecule has 18 heteroatoms. The van der Waals surface area contributed by atoms with Crippen molar-refractivity contribution in [2.24, 2.45) is 16.7 Å². The molecule has 3 N–H and O–H groups in total. The molecule has 1 saturated heterocycles. The van der Waals surface area contributed by atoms with Crippen LogP contribution >= 0.6 is 0 Å². The number of carboxylic acid groups (broad SMARTS) is 1. The number of Topliss-reactive ketones (excluding diaryl/α,β-unsaturated/α-hetero) is 1. The van der Waals surface area contributed by atoms with E-state index in [0.717, 1.165) is 13.8 Å². The molecule has 3 unspecified atom stereocenters. The first-order valence-corrected chi connectivity index (χ1v) is 22.5. The smallest absolute Gasteiger partial charge is 0.350 e. The topological polar surface area (TPSA) is 267 Å². The van der Waals surface area contributed by atoms with Gasteiger partial charge >= 0.3 is 29.8 Å². The van der Waals surface area contributed by atoms with Gasteiger partial charge in [-0.05, 0) is 61.2 Å². The Balaban J connectivity index is 1.42. The highest BCUT2D eigenvalue weighted by atomic mass is 16.6. The number of aliphatic carboxylic acids is 1. The lowest BCUT2D eigenvalue weighted by atomic mass is 9.44. The van der Waals surface area contributed by atoms with Crippen molar-refractivity contribution in [3.63, 3.8) is 0 Å². The predicted octanol–water partition coefficient (Wildman–Crippen LogP) is 2.82. The van der Waals surface area contributed by atoms with Gasteiger partial charge in [-0.15, -0.1) is 0 Å². The number of ketones is 1. The van der Waals surface area contributed by atoms with E-state index in [9.17, 15) is 44.1 Å². The lowest BCUT2D eigenvalue weighted by Crippen LogP contribution is -2.82. The molecule has 0 spiro atoms. The first kappa shape index (κ1) is 50.1. The first-order valence-electron chi connectivity index (χ1n) is 22.5. The van der Waals surface area contributed by atoms with Crippen LogP contribution in [-0.4, -0.2) is 112 Å². The highest BCUT2D eigenvalue weighted by molar-refractivity contribution is 5.96. The van der Waals surface area contributed by atoms with E-state index < -0.39 is 137 Å². The summed E-state index contributed by atoms with van der Waals surface area (Å²) in [5, 5.41) is 40.2. The Kier molecular flexibility index (Phi) is 14.0. The number of rotatable bonds is 14. The Bertz CT molecular complexity index is 2550. The van der Waals surface area contributed by atoms with Crippen molar-refractivity contribution in [2.45, 2.75) is 121 Å². The summed E-state index contributed by atoms with van der Waals surface area (Å²) in [6, 6.07) is 22.0. The third-order valence-corrected chi connectivity index (χ3v) is 14.2. The van der Waals surface area contributed by atoms with Gasteiger partial charge in [0.1, 0.15) is 30.0 Å². The molecule has 3 fully saturated rings. The molecular weight excluding hydrogens is 899 g/mol. The van der Waals surface area contributed by atoms with Gasteiger partial charge in [0.15, 0.2) is 17.5 Å². The van der Waals surface area contributed by atoms with E-state index >= 15 is 9.59 Å². The second kappa shape index (κ2) is 19.3. The molecule has 2 bridgehead atoms. The van der Waals surface area contributed by atoms with Crippen LogP contribution in [0.25, 0.3) is 0 Å². The molecule has 1 amide bonds. The van der Waals surface area contributed by atoms with Crippen LogP contribution in [0.1, 0.15) is 99.5 Å². The Hall–Kier alpha value is -6.76. The Morgan fingerprint density at radius 1 is 0.826 bits per heavy atom. The minimum absolute atomic E-state index is 0.0182. The van der Waals surface area contributed by atoms with Crippen LogP contribution in [0.4, 0.5) is 0 Å². The molecule has 3 aliphatic carbocycles. The summed E-state index contributed by atoms with van der Waals surface area (Å²) in [5.74, 6) is -10.1. The van der Waals surface area contributed by atoms with Crippen LogP contribution in [0, 0.1) is 16.7 Å². The van der Waals surface area contributed by atoms with Crippen molar-refractivity contribution in [1.29, 1.82) is 0 Å². The second-order valence-electron chi connectivity index (χ2n) is 18.7. The van der Waals surface area contributed by atoms with Crippen LogP contribution in [-0.2, 0) is 57.2 Å². The number of ether oxygens (including phenoxy) is 6. The summed E-state index contributed by atoms with van der Waals surface area (Å²) < 4.78 is 36.2. The molecule has 1 aliphatic heterocycles. The van der Waals surface area contributed by atoms with Gasteiger partial charge < -0.3 is 53.9 Å². The van der Waals surface area contributed by atoms with Gasteiger partial charge in [-0.3, -0.25) is 24.0 Å². The van der Waals surface area contributed by atoms with Crippen molar-refractivity contribution in [3.8, 4) is 0 Å². The second-order valence-corrected chi connectivity index (χ2v) is 18.7. The largest absolute Gasteiger partial charge is 0.550 e. The number of aliphatic hydroxyl groups is 2. The van der Waals surface area contributed by atoms with Crippen molar-refractivity contribution in [2.75, 3.05) is 6.61 Å². The predicted molar refractivity (Wildman–Crippen MR) is 236 cm³/mol. The third-order valence-electron chi connectivity index (χ3n) is 14.2. The van der Waals surface area contributed by atoms with E-state index in [2.05, 4.69) is 5.32 Å². The number of fused-ring (bicyclic) bond motifs is 5. The fourth-order valence-electron chi connectivity index (χ4n) is 10.7. The van der Waals surface area contributed by atoms with Crippen molar-refractivity contribution < 1.29 is 82.1 Å². The minimum Gasteiger partial charge on any atom is -0.550 e. The molecule has 0 aromatic heterocycles. The van der Waals surface area contributed by atoms with E-state index in [0.29, 0.717) is 0 Å².